The molecular weight excluding hydrogens is 410 g/mol. The molecule has 7 nitrogen and oxygen atoms in total. The number of anilines is 1. The van der Waals surface area contributed by atoms with Crippen LogP contribution in [-0.4, -0.2) is 48.0 Å². The summed E-state index contributed by atoms with van der Waals surface area (Å²) < 4.78 is 0. The van der Waals surface area contributed by atoms with E-state index in [9.17, 15) is 9.59 Å². The lowest BCUT2D eigenvalue weighted by molar-refractivity contribution is -0.127. The van der Waals surface area contributed by atoms with Crippen LogP contribution >= 0.6 is 11.3 Å². The zero-order chi connectivity index (χ0) is 21.8. The molecule has 2 aliphatic rings. The summed E-state index contributed by atoms with van der Waals surface area (Å²) in [6.07, 6.45) is 8.82. The van der Waals surface area contributed by atoms with Crippen LogP contribution in [0.3, 0.4) is 0 Å². The maximum atomic E-state index is 12.6. The zero-order valence-electron chi connectivity index (χ0n) is 18.6. The van der Waals surface area contributed by atoms with Gasteiger partial charge in [0.2, 0.25) is 11.8 Å². The fraction of sp³-hybridized carbons (Fsp3) is 0.652. The lowest BCUT2D eigenvalue weighted by atomic mass is 9.89. The molecule has 1 saturated heterocycles. The van der Waals surface area contributed by atoms with Crippen molar-refractivity contribution in [1.29, 1.82) is 0 Å². The van der Waals surface area contributed by atoms with Crippen LogP contribution in [0.5, 0.6) is 0 Å². The van der Waals surface area contributed by atoms with E-state index >= 15 is 0 Å². The molecule has 0 bridgehead atoms. The van der Waals surface area contributed by atoms with Gasteiger partial charge in [0.15, 0.2) is 0 Å². The predicted octanol–water partition coefficient (Wildman–Crippen LogP) is 3.34. The van der Waals surface area contributed by atoms with Gasteiger partial charge in [0.05, 0.1) is 5.39 Å². The third kappa shape index (κ3) is 5.00. The van der Waals surface area contributed by atoms with Gasteiger partial charge >= 0.3 is 0 Å². The molecule has 2 N–H and O–H groups in total. The molecule has 2 amide bonds. The number of piperidine rings is 1. The fourth-order valence-corrected chi connectivity index (χ4v) is 5.77. The monoisotopic (exact) mass is 443 g/mol. The lowest BCUT2D eigenvalue weighted by Gasteiger charge is -2.32. The molecule has 0 spiro atoms. The van der Waals surface area contributed by atoms with Crippen molar-refractivity contribution in [2.24, 2.45) is 11.8 Å². The SMILES string of the molecule is Cc1sc2ncnc(N3CCC(C(=O)NCCNC(=O)C4CCCCC4)CC3)c2c1C. The number of fused-ring (bicyclic) bond motifs is 1. The first-order valence-electron chi connectivity index (χ1n) is 11.6. The molecule has 4 rings (SSSR count). The van der Waals surface area contributed by atoms with E-state index in [1.165, 1.54) is 16.9 Å². The second kappa shape index (κ2) is 9.94. The normalized spacial score (nSPS) is 18.3. The molecule has 0 unspecified atom stereocenters. The number of amides is 2. The van der Waals surface area contributed by atoms with Crippen molar-refractivity contribution >= 4 is 39.2 Å². The minimum Gasteiger partial charge on any atom is -0.356 e. The molecule has 1 saturated carbocycles. The lowest BCUT2D eigenvalue weighted by Crippen LogP contribution is -2.43. The predicted molar refractivity (Wildman–Crippen MR) is 124 cm³/mol. The summed E-state index contributed by atoms with van der Waals surface area (Å²) >= 11 is 1.71. The van der Waals surface area contributed by atoms with Crippen LogP contribution in [0.2, 0.25) is 0 Å². The Morgan fingerprint density at radius 1 is 0.968 bits per heavy atom. The highest BCUT2D eigenvalue weighted by Gasteiger charge is 2.27. The van der Waals surface area contributed by atoms with E-state index in [1.807, 2.05) is 0 Å². The van der Waals surface area contributed by atoms with Crippen LogP contribution in [-0.2, 0) is 9.59 Å². The Morgan fingerprint density at radius 2 is 1.58 bits per heavy atom. The van der Waals surface area contributed by atoms with E-state index in [2.05, 4.69) is 39.3 Å². The maximum absolute atomic E-state index is 12.6. The molecule has 0 aromatic carbocycles. The van der Waals surface area contributed by atoms with E-state index in [0.717, 1.165) is 67.6 Å². The Morgan fingerprint density at radius 3 is 2.23 bits per heavy atom. The van der Waals surface area contributed by atoms with Crippen LogP contribution in [0.15, 0.2) is 6.33 Å². The molecule has 168 valence electrons. The Labute approximate surface area is 188 Å². The number of carbonyl (C=O) groups excluding carboxylic acids is 2. The third-order valence-electron chi connectivity index (χ3n) is 6.81. The van der Waals surface area contributed by atoms with Gasteiger partial charge in [-0.2, -0.15) is 0 Å². The second-order valence-corrected chi connectivity index (χ2v) is 10.0. The first-order valence-corrected chi connectivity index (χ1v) is 12.4. The highest BCUT2D eigenvalue weighted by molar-refractivity contribution is 7.18. The smallest absolute Gasteiger partial charge is 0.223 e. The van der Waals surface area contributed by atoms with Crippen molar-refractivity contribution in [3.63, 3.8) is 0 Å². The Kier molecular flexibility index (Phi) is 7.05. The van der Waals surface area contributed by atoms with E-state index in [-0.39, 0.29) is 23.7 Å². The quantitative estimate of drug-likeness (QED) is 0.669. The first kappa shape index (κ1) is 22.0. The Hall–Kier alpha value is -2.22. The van der Waals surface area contributed by atoms with Crippen LogP contribution in [0.4, 0.5) is 5.82 Å². The summed E-state index contributed by atoms with van der Waals surface area (Å²) in [6, 6.07) is 0. The first-order chi connectivity index (χ1) is 15.0. The van der Waals surface area contributed by atoms with Crippen LogP contribution in [0.25, 0.3) is 10.2 Å². The van der Waals surface area contributed by atoms with Crippen molar-refractivity contribution in [2.45, 2.75) is 58.8 Å². The summed E-state index contributed by atoms with van der Waals surface area (Å²) in [7, 11) is 0. The van der Waals surface area contributed by atoms with Crippen LogP contribution in [0.1, 0.15) is 55.4 Å². The van der Waals surface area contributed by atoms with Gasteiger partial charge in [-0.25, -0.2) is 9.97 Å². The Balaban J connectivity index is 1.23. The van der Waals surface area contributed by atoms with Gasteiger partial charge in [0, 0.05) is 42.9 Å². The van der Waals surface area contributed by atoms with E-state index in [1.54, 1.807) is 17.7 Å². The van der Waals surface area contributed by atoms with Crippen LogP contribution in [0, 0.1) is 25.7 Å². The van der Waals surface area contributed by atoms with Gasteiger partial charge in [0.25, 0.3) is 0 Å². The molecular formula is C23H33N5O2S. The van der Waals surface area contributed by atoms with Crippen molar-refractivity contribution in [2.75, 3.05) is 31.1 Å². The number of nitrogens with zero attached hydrogens (tertiary/aromatic N) is 3. The second-order valence-electron chi connectivity index (χ2n) is 8.84. The average Bonchev–Trinajstić information content (AvgIpc) is 3.10. The zero-order valence-corrected chi connectivity index (χ0v) is 19.4. The Bertz CT molecular complexity index is 929. The van der Waals surface area contributed by atoms with Gasteiger partial charge in [-0.1, -0.05) is 19.3 Å². The topological polar surface area (TPSA) is 87.2 Å². The minimum atomic E-state index is 0.0212. The molecule has 3 heterocycles. The number of thiophene rings is 1. The number of aromatic nitrogens is 2. The highest BCUT2D eigenvalue weighted by atomic mass is 32.1. The fourth-order valence-electron chi connectivity index (χ4n) is 4.78. The van der Waals surface area contributed by atoms with E-state index < -0.39 is 0 Å². The maximum Gasteiger partial charge on any atom is 0.223 e. The largest absolute Gasteiger partial charge is 0.356 e. The molecule has 2 aromatic heterocycles. The van der Waals surface area contributed by atoms with Crippen molar-refractivity contribution < 1.29 is 9.59 Å². The minimum absolute atomic E-state index is 0.0212. The van der Waals surface area contributed by atoms with E-state index in [0.29, 0.717) is 13.1 Å². The molecule has 1 aliphatic heterocycles. The van der Waals surface area contributed by atoms with Crippen molar-refractivity contribution in [3.05, 3.63) is 16.8 Å². The number of rotatable bonds is 6. The number of hydrogen-bond acceptors (Lipinski definition) is 6. The molecule has 0 atom stereocenters. The summed E-state index contributed by atoms with van der Waals surface area (Å²) in [5, 5.41) is 7.15. The number of nitrogens with one attached hydrogen (secondary N) is 2. The van der Waals surface area contributed by atoms with Crippen LogP contribution < -0.4 is 15.5 Å². The van der Waals surface area contributed by atoms with Gasteiger partial charge in [-0.15, -0.1) is 11.3 Å². The number of aryl methyl sites for hydroxylation is 2. The summed E-state index contributed by atoms with van der Waals surface area (Å²) in [4.78, 5) is 38.4. The summed E-state index contributed by atoms with van der Waals surface area (Å²) in [6.45, 7) is 6.90. The van der Waals surface area contributed by atoms with Gasteiger partial charge < -0.3 is 15.5 Å². The molecule has 2 fully saturated rings. The molecule has 8 heteroatoms. The molecule has 1 aliphatic carbocycles. The van der Waals surface area contributed by atoms with Gasteiger partial charge in [-0.05, 0) is 45.1 Å². The average molecular weight is 444 g/mol. The number of carbonyl (C=O) groups is 2. The summed E-state index contributed by atoms with van der Waals surface area (Å²) in [5.74, 6) is 1.43. The van der Waals surface area contributed by atoms with Crippen molar-refractivity contribution in [3.8, 4) is 0 Å². The van der Waals surface area contributed by atoms with Gasteiger partial charge in [0.1, 0.15) is 17.0 Å². The number of hydrogen-bond donors (Lipinski definition) is 2. The van der Waals surface area contributed by atoms with Crippen molar-refractivity contribution in [1.82, 2.24) is 20.6 Å². The highest BCUT2D eigenvalue weighted by Crippen LogP contribution is 2.35. The van der Waals surface area contributed by atoms with Gasteiger partial charge in [-0.3, -0.25) is 9.59 Å². The van der Waals surface area contributed by atoms with E-state index in [4.69, 9.17) is 0 Å². The molecule has 0 radical (unpaired) electrons. The molecule has 31 heavy (non-hydrogen) atoms. The third-order valence-corrected chi connectivity index (χ3v) is 7.93. The standard InChI is InChI=1S/C23H33N5O2S/c1-15-16(2)31-23-19(15)20(26-14-27-23)28-12-8-18(9-13-28)22(30)25-11-10-24-21(29)17-6-4-3-5-7-17/h14,17-18H,3-13H2,1-2H3,(H,24,29)(H,25,30). The molecule has 2 aromatic rings. The summed E-state index contributed by atoms with van der Waals surface area (Å²) in [5.41, 5.74) is 1.26.